The summed E-state index contributed by atoms with van der Waals surface area (Å²) in [6, 6.07) is 4.88. The highest BCUT2D eigenvalue weighted by Gasteiger charge is 2.22. The van der Waals surface area contributed by atoms with Crippen molar-refractivity contribution in [3.8, 4) is 0 Å². The number of rotatable bonds is 8. The van der Waals surface area contributed by atoms with Crippen LogP contribution >= 0.6 is 11.3 Å². The summed E-state index contributed by atoms with van der Waals surface area (Å²) in [6.45, 7) is 4.02. The van der Waals surface area contributed by atoms with E-state index < -0.39 is 0 Å². The molecule has 1 amide bonds. The van der Waals surface area contributed by atoms with Gasteiger partial charge in [0.05, 0.1) is 0 Å². The molecule has 0 saturated heterocycles. The normalized spacial score (nSPS) is 14.7. The SMILES string of the molecule is CCc1ccc(CNCCCC(=O)NC2CC2)s1. The molecule has 1 aliphatic carbocycles. The molecule has 0 aromatic carbocycles. The van der Waals surface area contributed by atoms with E-state index in [4.69, 9.17) is 0 Å². The van der Waals surface area contributed by atoms with Crippen LogP contribution in [-0.4, -0.2) is 18.5 Å². The van der Waals surface area contributed by atoms with Crippen molar-refractivity contribution in [1.82, 2.24) is 10.6 Å². The van der Waals surface area contributed by atoms with Crippen LogP contribution in [0.25, 0.3) is 0 Å². The number of aryl methyl sites for hydroxylation is 1. The van der Waals surface area contributed by atoms with E-state index in [1.165, 1.54) is 22.6 Å². The predicted octanol–water partition coefficient (Wildman–Crippen LogP) is 2.46. The largest absolute Gasteiger partial charge is 0.353 e. The first-order valence-electron chi connectivity index (χ1n) is 6.85. The molecule has 0 unspecified atom stereocenters. The fourth-order valence-electron chi connectivity index (χ4n) is 1.82. The lowest BCUT2D eigenvalue weighted by molar-refractivity contribution is -0.121. The molecule has 1 aliphatic rings. The Morgan fingerprint density at radius 2 is 2.17 bits per heavy atom. The Morgan fingerprint density at radius 1 is 1.39 bits per heavy atom. The highest BCUT2D eigenvalue weighted by Crippen LogP contribution is 2.18. The molecule has 1 saturated carbocycles. The summed E-state index contributed by atoms with van der Waals surface area (Å²) in [5, 5.41) is 6.40. The molecule has 3 nitrogen and oxygen atoms in total. The lowest BCUT2D eigenvalue weighted by atomic mass is 10.3. The third-order valence-electron chi connectivity index (χ3n) is 3.06. The zero-order valence-corrected chi connectivity index (χ0v) is 11.8. The van der Waals surface area contributed by atoms with Crippen LogP contribution in [0, 0.1) is 0 Å². The molecular formula is C14H22N2OS. The Bertz CT molecular complexity index is 385. The summed E-state index contributed by atoms with van der Waals surface area (Å²) < 4.78 is 0. The first-order valence-corrected chi connectivity index (χ1v) is 7.67. The molecule has 4 heteroatoms. The second kappa shape index (κ2) is 6.90. The number of nitrogens with one attached hydrogen (secondary N) is 2. The lowest BCUT2D eigenvalue weighted by Crippen LogP contribution is -2.26. The van der Waals surface area contributed by atoms with Crippen LogP contribution in [0.5, 0.6) is 0 Å². The Hall–Kier alpha value is -0.870. The summed E-state index contributed by atoms with van der Waals surface area (Å²) in [5.41, 5.74) is 0. The fourth-order valence-corrected chi connectivity index (χ4v) is 2.75. The molecule has 1 aromatic heterocycles. The third-order valence-corrected chi connectivity index (χ3v) is 4.29. The van der Waals surface area contributed by atoms with Crippen molar-refractivity contribution in [2.45, 2.75) is 51.6 Å². The summed E-state index contributed by atoms with van der Waals surface area (Å²) in [4.78, 5) is 14.3. The minimum atomic E-state index is 0.212. The van der Waals surface area contributed by atoms with Gasteiger partial charge < -0.3 is 10.6 Å². The van der Waals surface area contributed by atoms with E-state index in [0.29, 0.717) is 12.5 Å². The van der Waals surface area contributed by atoms with E-state index in [0.717, 1.165) is 25.9 Å². The van der Waals surface area contributed by atoms with E-state index in [1.54, 1.807) is 0 Å². The number of amides is 1. The molecule has 1 heterocycles. The van der Waals surface area contributed by atoms with E-state index in [-0.39, 0.29) is 5.91 Å². The van der Waals surface area contributed by atoms with Gasteiger partial charge in [0.25, 0.3) is 0 Å². The van der Waals surface area contributed by atoms with Gasteiger partial charge in [0.15, 0.2) is 0 Å². The molecule has 18 heavy (non-hydrogen) atoms. The van der Waals surface area contributed by atoms with Crippen LogP contribution in [0.2, 0.25) is 0 Å². The topological polar surface area (TPSA) is 41.1 Å². The van der Waals surface area contributed by atoms with Crippen molar-refractivity contribution < 1.29 is 4.79 Å². The van der Waals surface area contributed by atoms with Crippen LogP contribution < -0.4 is 10.6 Å². The summed E-state index contributed by atoms with van der Waals surface area (Å²) in [5.74, 6) is 0.212. The standard InChI is InChI=1S/C14H22N2OS/c1-2-12-7-8-13(18-12)10-15-9-3-4-14(17)16-11-5-6-11/h7-8,11,15H,2-6,9-10H2,1H3,(H,16,17). The molecule has 0 atom stereocenters. The average molecular weight is 266 g/mol. The zero-order chi connectivity index (χ0) is 12.8. The van der Waals surface area contributed by atoms with Crippen molar-refractivity contribution in [1.29, 1.82) is 0 Å². The molecular weight excluding hydrogens is 244 g/mol. The molecule has 2 N–H and O–H groups in total. The molecule has 100 valence electrons. The van der Waals surface area contributed by atoms with E-state index in [9.17, 15) is 4.79 Å². The van der Waals surface area contributed by atoms with Crippen LogP contribution in [-0.2, 0) is 17.8 Å². The van der Waals surface area contributed by atoms with Gasteiger partial charge in [-0.05, 0) is 44.4 Å². The third kappa shape index (κ3) is 4.78. The maximum atomic E-state index is 11.4. The van der Waals surface area contributed by atoms with Crippen LogP contribution in [0.1, 0.15) is 42.4 Å². The van der Waals surface area contributed by atoms with Crippen molar-refractivity contribution >= 4 is 17.2 Å². The van der Waals surface area contributed by atoms with Gasteiger partial charge in [-0.2, -0.15) is 0 Å². The van der Waals surface area contributed by atoms with E-state index in [1.807, 2.05) is 11.3 Å². The maximum Gasteiger partial charge on any atom is 0.220 e. The van der Waals surface area contributed by atoms with E-state index in [2.05, 4.69) is 29.7 Å². The van der Waals surface area contributed by atoms with Crippen LogP contribution in [0.4, 0.5) is 0 Å². The molecule has 0 bridgehead atoms. The van der Waals surface area contributed by atoms with Crippen molar-refractivity contribution in [2.75, 3.05) is 6.54 Å². The number of thiophene rings is 1. The predicted molar refractivity (Wildman–Crippen MR) is 75.8 cm³/mol. The van der Waals surface area contributed by atoms with Crippen LogP contribution in [0.15, 0.2) is 12.1 Å². The van der Waals surface area contributed by atoms with Gasteiger partial charge in [-0.3, -0.25) is 4.79 Å². The number of carbonyl (C=O) groups is 1. The Labute approximate surface area is 113 Å². The molecule has 1 fully saturated rings. The molecule has 1 aromatic rings. The quantitative estimate of drug-likeness (QED) is 0.710. The van der Waals surface area contributed by atoms with Crippen molar-refractivity contribution in [3.63, 3.8) is 0 Å². The maximum absolute atomic E-state index is 11.4. The van der Waals surface area contributed by atoms with Crippen LogP contribution in [0.3, 0.4) is 0 Å². The second-order valence-corrected chi connectivity index (χ2v) is 6.10. The molecule has 0 spiro atoms. The van der Waals surface area contributed by atoms with Gasteiger partial charge in [-0.1, -0.05) is 6.92 Å². The van der Waals surface area contributed by atoms with Gasteiger partial charge in [0.2, 0.25) is 5.91 Å². The zero-order valence-electron chi connectivity index (χ0n) is 11.0. The minimum absolute atomic E-state index is 0.212. The average Bonchev–Trinajstić information content (AvgIpc) is 3.05. The molecule has 2 rings (SSSR count). The smallest absolute Gasteiger partial charge is 0.220 e. The van der Waals surface area contributed by atoms with Gasteiger partial charge >= 0.3 is 0 Å². The minimum Gasteiger partial charge on any atom is -0.353 e. The second-order valence-electron chi connectivity index (χ2n) is 4.84. The first-order chi connectivity index (χ1) is 8.78. The summed E-state index contributed by atoms with van der Waals surface area (Å²) in [7, 11) is 0. The Kier molecular flexibility index (Phi) is 5.20. The van der Waals surface area contributed by atoms with Crippen molar-refractivity contribution in [2.24, 2.45) is 0 Å². The number of hydrogen-bond acceptors (Lipinski definition) is 3. The van der Waals surface area contributed by atoms with Gasteiger partial charge in [0.1, 0.15) is 0 Å². The molecule has 0 radical (unpaired) electrons. The summed E-state index contributed by atoms with van der Waals surface area (Å²) in [6.07, 6.45) is 5.02. The highest BCUT2D eigenvalue weighted by atomic mass is 32.1. The first kappa shape index (κ1) is 13.6. The number of carbonyl (C=O) groups excluding carboxylic acids is 1. The van der Waals surface area contributed by atoms with Gasteiger partial charge in [0, 0.05) is 28.8 Å². The summed E-state index contributed by atoms with van der Waals surface area (Å²) >= 11 is 1.87. The highest BCUT2D eigenvalue weighted by molar-refractivity contribution is 7.11. The Morgan fingerprint density at radius 3 is 2.83 bits per heavy atom. The fraction of sp³-hybridized carbons (Fsp3) is 0.643. The van der Waals surface area contributed by atoms with E-state index >= 15 is 0 Å². The number of hydrogen-bond donors (Lipinski definition) is 2. The Balaban J connectivity index is 1.51. The van der Waals surface area contributed by atoms with Crippen molar-refractivity contribution in [3.05, 3.63) is 21.9 Å². The lowest BCUT2D eigenvalue weighted by Gasteiger charge is -2.04. The molecule has 0 aliphatic heterocycles. The van der Waals surface area contributed by atoms with Gasteiger partial charge in [-0.25, -0.2) is 0 Å². The van der Waals surface area contributed by atoms with Gasteiger partial charge in [-0.15, -0.1) is 11.3 Å². The monoisotopic (exact) mass is 266 g/mol.